The summed E-state index contributed by atoms with van der Waals surface area (Å²) in [6, 6.07) is 9.09. The molecule has 0 aliphatic carbocycles. The van der Waals surface area contributed by atoms with Crippen molar-refractivity contribution in [2.45, 2.75) is 19.4 Å². The highest BCUT2D eigenvalue weighted by molar-refractivity contribution is 7.20. The molecule has 1 heterocycles. The van der Waals surface area contributed by atoms with E-state index in [1.807, 2.05) is 0 Å². The van der Waals surface area contributed by atoms with Gasteiger partial charge in [-0.15, -0.1) is 0 Å². The lowest BCUT2D eigenvalue weighted by Crippen LogP contribution is -2.32. The molecule has 1 N–H and O–H groups in total. The fourth-order valence-corrected chi connectivity index (χ4v) is 2.79. The molecule has 1 aromatic carbocycles. The van der Waals surface area contributed by atoms with Crippen LogP contribution in [0, 0.1) is 11.3 Å². The first-order chi connectivity index (χ1) is 9.45. The molecule has 0 saturated heterocycles. The summed E-state index contributed by atoms with van der Waals surface area (Å²) in [6.07, 6.45) is 0.823. The number of halogens is 1. The summed E-state index contributed by atoms with van der Waals surface area (Å²) in [6.45, 7) is 3.52. The van der Waals surface area contributed by atoms with E-state index < -0.39 is 5.54 Å². The van der Waals surface area contributed by atoms with Crippen LogP contribution >= 0.6 is 22.9 Å². The van der Waals surface area contributed by atoms with Crippen LogP contribution in [0.2, 0.25) is 4.34 Å². The van der Waals surface area contributed by atoms with E-state index in [2.05, 4.69) is 16.4 Å². The summed E-state index contributed by atoms with van der Waals surface area (Å²) >= 11 is 7.47. The van der Waals surface area contributed by atoms with E-state index in [-0.39, 0.29) is 0 Å². The predicted octanol–water partition coefficient (Wildman–Crippen LogP) is 3.72. The normalized spacial score (nSPS) is 10.9. The van der Waals surface area contributed by atoms with E-state index in [0.29, 0.717) is 20.7 Å². The summed E-state index contributed by atoms with van der Waals surface area (Å²) in [5.41, 5.74) is 1.37. The molecule has 20 heavy (non-hydrogen) atoms. The number of aromatic nitrogens is 1. The van der Waals surface area contributed by atoms with Gasteiger partial charge >= 0.3 is 0 Å². The summed E-state index contributed by atoms with van der Waals surface area (Å²) < 4.78 is 0.541. The molecule has 4 nitrogen and oxygen atoms in total. The van der Waals surface area contributed by atoms with Gasteiger partial charge in [-0.25, -0.2) is 4.98 Å². The highest BCUT2D eigenvalue weighted by atomic mass is 35.5. The second-order valence-corrected chi connectivity index (χ2v) is 6.40. The Hall–Kier alpha value is -1.90. The zero-order valence-electron chi connectivity index (χ0n) is 11.0. The van der Waals surface area contributed by atoms with Crippen molar-refractivity contribution in [3.63, 3.8) is 0 Å². The summed E-state index contributed by atoms with van der Waals surface area (Å²) in [5.74, 6) is 0. The van der Waals surface area contributed by atoms with Gasteiger partial charge in [-0.05, 0) is 26.0 Å². The lowest BCUT2D eigenvalue weighted by atomic mass is 10.1. The highest BCUT2D eigenvalue weighted by Gasteiger charge is 2.19. The van der Waals surface area contributed by atoms with Crippen LogP contribution in [0.25, 0.3) is 11.3 Å². The fourth-order valence-electron chi connectivity index (χ4n) is 1.54. The Morgan fingerprint density at radius 3 is 2.60 bits per heavy atom. The fraction of sp³-hybridized carbons (Fsp3) is 0.214. The first-order valence-corrected chi connectivity index (χ1v) is 7.06. The molecule has 0 radical (unpaired) electrons. The molecule has 0 bridgehead atoms. The Bertz CT molecular complexity index is 671. The number of aldehydes is 1. The number of carbonyl (C=O) groups excluding carboxylic acids is 1. The number of hydrogen-bond acceptors (Lipinski definition) is 5. The van der Waals surface area contributed by atoms with Crippen molar-refractivity contribution >= 4 is 34.4 Å². The Balaban J connectivity index is 2.31. The van der Waals surface area contributed by atoms with Crippen molar-refractivity contribution in [2.75, 3.05) is 5.32 Å². The van der Waals surface area contributed by atoms with E-state index in [0.717, 1.165) is 11.8 Å². The Kier molecular flexibility index (Phi) is 4.07. The van der Waals surface area contributed by atoms with Gasteiger partial charge in [-0.1, -0.05) is 35.1 Å². The molecular weight excluding hydrogens is 294 g/mol. The lowest BCUT2D eigenvalue weighted by molar-refractivity contribution is -0.110. The van der Waals surface area contributed by atoms with E-state index in [4.69, 9.17) is 16.9 Å². The largest absolute Gasteiger partial charge is 0.350 e. The van der Waals surface area contributed by atoms with Gasteiger partial charge in [0.1, 0.15) is 16.3 Å². The monoisotopic (exact) mass is 305 g/mol. The number of nitrogens with one attached hydrogen (secondary N) is 1. The minimum atomic E-state index is -0.691. The smallest absolute Gasteiger partial charge is 0.185 e. The molecule has 0 saturated carbocycles. The van der Waals surface area contributed by atoms with E-state index >= 15 is 0 Å². The molecule has 1 aromatic heterocycles. The van der Waals surface area contributed by atoms with Crippen LogP contribution in [0.3, 0.4) is 0 Å². The molecule has 0 atom stereocenters. The Labute approximate surface area is 126 Å². The van der Waals surface area contributed by atoms with E-state index in [9.17, 15) is 4.79 Å². The number of benzene rings is 1. The van der Waals surface area contributed by atoms with Crippen molar-refractivity contribution in [3.8, 4) is 17.3 Å². The SMILES string of the molecule is CC(C)(C=O)Nc1nc(-c2ccc(C#N)cc2)c(Cl)s1. The zero-order chi connectivity index (χ0) is 14.8. The molecule has 0 unspecified atom stereocenters. The van der Waals surface area contributed by atoms with Crippen LogP contribution in [-0.4, -0.2) is 16.8 Å². The summed E-state index contributed by atoms with van der Waals surface area (Å²) in [4.78, 5) is 15.3. The van der Waals surface area contributed by atoms with Gasteiger partial charge in [0.25, 0.3) is 0 Å². The van der Waals surface area contributed by atoms with E-state index in [1.54, 1.807) is 38.1 Å². The second-order valence-electron chi connectivity index (χ2n) is 4.80. The van der Waals surface area contributed by atoms with Gasteiger partial charge in [0.15, 0.2) is 5.13 Å². The maximum Gasteiger partial charge on any atom is 0.185 e. The third-order valence-electron chi connectivity index (χ3n) is 2.60. The molecule has 0 fully saturated rings. The molecular formula is C14H12ClN3OS. The van der Waals surface area contributed by atoms with Crippen LogP contribution in [-0.2, 0) is 4.79 Å². The summed E-state index contributed by atoms with van der Waals surface area (Å²) in [5, 5.41) is 12.4. The van der Waals surface area contributed by atoms with Gasteiger partial charge in [0, 0.05) is 5.56 Å². The molecule has 0 spiro atoms. The molecule has 0 aliphatic rings. The third-order valence-corrected chi connectivity index (χ3v) is 3.77. The van der Waals surface area contributed by atoms with Crippen molar-refractivity contribution in [3.05, 3.63) is 34.2 Å². The van der Waals surface area contributed by atoms with Crippen LogP contribution in [0.4, 0.5) is 5.13 Å². The number of hydrogen-bond donors (Lipinski definition) is 1. The Morgan fingerprint density at radius 2 is 2.05 bits per heavy atom. The average molecular weight is 306 g/mol. The van der Waals surface area contributed by atoms with Crippen LogP contribution in [0.15, 0.2) is 24.3 Å². The van der Waals surface area contributed by atoms with Crippen molar-refractivity contribution in [1.29, 1.82) is 5.26 Å². The van der Waals surface area contributed by atoms with Crippen LogP contribution in [0.5, 0.6) is 0 Å². The first-order valence-electron chi connectivity index (χ1n) is 5.86. The number of nitrogens with zero attached hydrogens (tertiary/aromatic N) is 2. The second kappa shape index (κ2) is 5.61. The molecule has 2 rings (SSSR count). The quantitative estimate of drug-likeness (QED) is 0.874. The van der Waals surface area contributed by atoms with Gasteiger partial charge < -0.3 is 10.1 Å². The average Bonchev–Trinajstić information content (AvgIpc) is 2.79. The van der Waals surface area contributed by atoms with Gasteiger partial charge in [-0.3, -0.25) is 0 Å². The van der Waals surface area contributed by atoms with Gasteiger partial charge in [0.2, 0.25) is 0 Å². The third kappa shape index (κ3) is 3.16. The standard InChI is InChI=1S/C14H12ClN3OS/c1-14(2,8-19)18-13-17-11(12(15)20-13)10-5-3-9(7-16)4-6-10/h3-6,8H,1-2H3,(H,17,18). The van der Waals surface area contributed by atoms with E-state index in [1.165, 1.54) is 11.3 Å². The Morgan fingerprint density at radius 1 is 1.40 bits per heavy atom. The number of thiazole rings is 1. The maximum absolute atomic E-state index is 10.9. The van der Waals surface area contributed by atoms with Gasteiger partial charge in [0.05, 0.1) is 17.2 Å². The number of nitriles is 1. The molecule has 102 valence electrons. The predicted molar refractivity (Wildman–Crippen MR) is 81.0 cm³/mol. The minimum absolute atomic E-state index is 0.541. The molecule has 6 heteroatoms. The van der Waals surface area contributed by atoms with Crippen molar-refractivity contribution in [2.24, 2.45) is 0 Å². The minimum Gasteiger partial charge on any atom is -0.350 e. The number of anilines is 1. The lowest BCUT2D eigenvalue weighted by Gasteiger charge is -2.17. The van der Waals surface area contributed by atoms with Crippen molar-refractivity contribution < 1.29 is 4.79 Å². The molecule has 0 amide bonds. The molecule has 2 aromatic rings. The number of rotatable bonds is 4. The first kappa shape index (κ1) is 14.5. The zero-order valence-corrected chi connectivity index (χ0v) is 12.5. The maximum atomic E-state index is 10.9. The van der Waals surface area contributed by atoms with Crippen LogP contribution < -0.4 is 5.32 Å². The highest BCUT2D eigenvalue weighted by Crippen LogP contribution is 2.36. The summed E-state index contributed by atoms with van der Waals surface area (Å²) in [7, 11) is 0. The van der Waals surface area contributed by atoms with Gasteiger partial charge in [-0.2, -0.15) is 5.26 Å². The molecule has 0 aliphatic heterocycles. The van der Waals surface area contributed by atoms with Crippen LogP contribution in [0.1, 0.15) is 19.4 Å². The van der Waals surface area contributed by atoms with Crippen molar-refractivity contribution in [1.82, 2.24) is 4.98 Å². The topological polar surface area (TPSA) is 65.8 Å². The number of carbonyl (C=O) groups is 1.